The lowest BCUT2D eigenvalue weighted by Crippen LogP contribution is -2.30. The number of sulfonamides is 1. The zero-order valence-corrected chi connectivity index (χ0v) is 14.3. The molecule has 0 aromatic heterocycles. The van der Waals surface area contributed by atoms with Crippen molar-refractivity contribution >= 4 is 44.6 Å². The molecule has 0 fully saturated rings. The first-order valence-electron chi connectivity index (χ1n) is 6.49. The predicted molar refractivity (Wildman–Crippen MR) is 89.8 cm³/mol. The van der Waals surface area contributed by atoms with Crippen molar-refractivity contribution in [2.45, 2.75) is 11.8 Å². The summed E-state index contributed by atoms with van der Waals surface area (Å²) in [6, 6.07) is 9.21. The van der Waals surface area contributed by atoms with Crippen LogP contribution in [-0.2, 0) is 10.0 Å². The highest BCUT2D eigenvalue weighted by Crippen LogP contribution is 2.30. The Hall–Kier alpha value is -1.83. The minimum Gasteiger partial charge on any atom is -0.267 e. The first-order valence-corrected chi connectivity index (χ1v) is 8.69. The number of halogens is 2. The molecule has 122 valence electrons. The van der Waals surface area contributed by atoms with Gasteiger partial charge in [-0.3, -0.25) is 14.4 Å². The van der Waals surface area contributed by atoms with E-state index in [1.54, 1.807) is 13.0 Å². The number of nitro benzene ring substituents is 1. The standard InChI is InChI=1S/C14H12Cl2N2O4S/c1-2-17(11-5-8-13(15)14(16)9-11)23(21,22)12-6-3-10(4-7-12)18(19)20/h3-9H,2H2,1H3. The van der Waals surface area contributed by atoms with E-state index >= 15 is 0 Å². The number of rotatable bonds is 5. The number of benzene rings is 2. The van der Waals surface area contributed by atoms with Gasteiger partial charge in [-0.2, -0.15) is 0 Å². The monoisotopic (exact) mass is 374 g/mol. The Morgan fingerprint density at radius 3 is 2.17 bits per heavy atom. The number of hydrogen-bond acceptors (Lipinski definition) is 4. The van der Waals surface area contributed by atoms with Crippen LogP contribution in [0.2, 0.25) is 10.0 Å². The van der Waals surface area contributed by atoms with Crippen molar-refractivity contribution in [1.29, 1.82) is 0 Å². The maximum Gasteiger partial charge on any atom is 0.269 e. The summed E-state index contributed by atoms with van der Waals surface area (Å²) in [5, 5.41) is 11.2. The summed E-state index contributed by atoms with van der Waals surface area (Å²) in [7, 11) is -3.87. The lowest BCUT2D eigenvalue weighted by molar-refractivity contribution is -0.384. The van der Waals surface area contributed by atoms with Crippen molar-refractivity contribution < 1.29 is 13.3 Å². The van der Waals surface area contributed by atoms with Gasteiger partial charge in [0.2, 0.25) is 0 Å². The molecule has 23 heavy (non-hydrogen) atoms. The zero-order chi connectivity index (χ0) is 17.2. The Labute approximate surface area is 143 Å². The van der Waals surface area contributed by atoms with E-state index < -0.39 is 14.9 Å². The van der Waals surface area contributed by atoms with Gasteiger partial charge in [-0.25, -0.2) is 8.42 Å². The van der Waals surface area contributed by atoms with Crippen LogP contribution < -0.4 is 4.31 Å². The van der Waals surface area contributed by atoms with E-state index in [4.69, 9.17) is 23.2 Å². The maximum absolute atomic E-state index is 12.7. The van der Waals surface area contributed by atoms with Crippen LogP contribution in [0.15, 0.2) is 47.4 Å². The molecule has 0 heterocycles. The minimum absolute atomic E-state index is 0.0453. The second-order valence-corrected chi connectivity index (χ2v) is 7.20. The predicted octanol–water partition coefficient (Wildman–Crippen LogP) is 4.12. The average Bonchev–Trinajstić information content (AvgIpc) is 2.51. The molecule has 0 amide bonds. The molecule has 0 unspecified atom stereocenters. The Bertz CT molecular complexity index is 838. The Balaban J connectivity index is 2.46. The molecule has 0 aliphatic heterocycles. The normalized spacial score (nSPS) is 11.3. The third-order valence-electron chi connectivity index (χ3n) is 3.11. The topological polar surface area (TPSA) is 80.5 Å². The number of anilines is 1. The van der Waals surface area contributed by atoms with Gasteiger partial charge in [-0.1, -0.05) is 23.2 Å². The SMILES string of the molecule is CCN(c1ccc(Cl)c(Cl)c1)S(=O)(=O)c1ccc([N+](=O)[O-])cc1. The zero-order valence-electron chi connectivity index (χ0n) is 11.9. The van der Waals surface area contributed by atoms with Gasteiger partial charge in [0.1, 0.15) is 0 Å². The maximum atomic E-state index is 12.7. The summed E-state index contributed by atoms with van der Waals surface area (Å²) in [6.45, 7) is 1.84. The molecule has 0 saturated carbocycles. The molecule has 2 aromatic carbocycles. The van der Waals surface area contributed by atoms with Crippen molar-refractivity contribution in [2.24, 2.45) is 0 Å². The lowest BCUT2D eigenvalue weighted by atomic mass is 10.3. The second-order valence-electron chi connectivity index (χ2n) is 4.52. The van der Waals surface area contributed by atoms with Crippen molar-refractivity contribution in [3.05, 3.63) is 62.6 Å². The molecule has 0 N–H and O–H groups in total. The fraction of sp³-hybridized carbons (Fsp3) is 0.143. The third kappa shape index (κ3) is 3.57. The van der Waals surface area contributed by atoms with Gasteiger partial charge >= 0.3 is 0 Å². The fourth-order valence-corrected chi connectivity index (χ4v) is 3.76. The number of nitro groups is 1. The molecule has 0 aliphatic carbocycles. The van der Waals surface area contributed by atoms with Gasteiger partial charge in [0.15, 0.2) is 0 Å². The Morgan fingerprint density at radius 1 is 1.09 bits per heavy atom. The van der Waals surface area contributed by atoms with Crippen molar-refractivity contribution in [3.8, 4) is 0 Å². The highest BCUT2D eigenvalue weighted by atomic mass is 35.5. The molecule has 0 saturated heterocycles. The molecular formula is C14H12Cl2N2O4S. The highest BCUT2D eigenvalue weighted by Gasteiger charge is 2.24. The van der Waals surface area contributed by atoms with E-state index in [-0.39, 0.29) is 22.2 Å². The number of non-ortho nitro benzene ring substituents is 1. The molecule has 0 spiro atoms. The fourth-order valence-electron chi connectivity index (χ4n) is 2.00. The summed E-state index contributed by atoms with van der Waals surface area (Å²) in [5.41, 5.74) is 0.182. The van der Waals surface area contributed by atoms with Crippen LogP contribution >= 0.6 is 23.2 Å². The summed E-state index contributed by atoms with van der Waals surface area (Å²) in [4.78, 5) is 10.0. The third-order valence-corrected chi connectivity index (χ3v) is 5.77. The van der Waals surface area contributed by atoms with Crippen LogP contribution in [0.5, 0.6) is 0 Å². The van der Waals surface area contributed by atoms with Gasteiger partial charge in [0, 0.05) is 18.7 Å². The molecule has 2 rings (SSSR count). The smallest absolute Gasteiger partial charge is 0.267 e. The van der Waals surface area contributed by atoms with Gasteiger partial charge in [0.25, 0.3) is 15.7 Å². The molecule has 0 radical (unpaired) electrons. The van der Waals surface area contributed by atoms with E-state index in [0.717, 1.165) is 16.4 Å². The van der Waals surface area contributed by atoms with Crippen LogP contribution in [0.1, 0.15) is 6.92 Å². The summed E-state index contributed by atoms with van der Waals surface area (Å²) in [5.74, 6) is 0. The lowest BCUT2D eigenvalue weighted by Gasteiger charge is -2.23. The Morgan fingerprint density at radius 2 is 1.70 bits per heavy atom. The van der Waals surface area contributed by atoms with Crippen LogP contribution in [0.3, 0.4) is 0 Å². The summed E-state index contributed by atoms with van der Waals surface area (Å²) < 4.78 is 26.6. The molecule has 9 heteroatoms. The molecule has 0 aliphatic rings. The van der Waals surface area contributed by atoms with Crippen molar-refractivity contribution in [3.63, 3.8) is 0 Å². The van der Waals surface area contributed by atoms with E-state index in [1.165, 1.54) is 24.3 Å². The van der Waals surface area contributed by atoms with Crippen LogP contribution in [0.25, 0.3) is 0 Å². The molecule has 0 bridgehead atoms. The average molecular weight is 375 g/mol. The van der Waals surface area contributed by atoms with Crippen LogP contribution in [-0.4, -0.2) is 19.9 Å². The van der Waals surface area contributed by atoms with E-state index in [1.807, 2.05) is 0 Å². The van der Waals surface area contributed by atoms with Gasteiger partial charge in [0.05, 0.1) is 25.6 Å². The highest BCUT2D eigenvalue weighted by molar-refractivity contribution is 7.92. The van der Waals surface area contributed by atoms with Crippen LogP contribution in [0.4, 0.5) is 11.4 Å². The molecular weight excluding hydrogens is 363 g/mol. The van der Waals surface area contributed by atoms with E-state index in [9.17, 15) is 18.5 Å². The van der Waals surface area contributed by atoms with Crippen molar-refractivity contribution in [1.82, 2.24) is 0 Å². The minimum atomic E-state index is -3.87. The second kappa shape index (κ2) is 6.74. The van der Waals surface area contributed by atoms with Gasteiger partial charge in [-0.05, 0) is 37.3 Å². The number of nitrogens with zero attached hydrogens (tertiary/aromatic N) is 2. The van der Waals surface area contributed by atoms with E-state index in [0.29, 0.717) is 10.7 Å². The molecule has 2 aromatic rings. The van der Waals surface area contributed by atoms with Gasteiger partial charge < -0.3 is 0 Å². The van der Waals surface area contributed by atoms with E-state index in [2.05, 4.69) is 0 Å². The molecule has 6 nitrogen and oxygen atoms in total. The largest absolute Gasteiger partial charge is 0.269 e. The summed E-state index contributed by atoms with van der Waals surface area (Å²) >= 11 is 11.8. The Kier molecular flexibility index (Phi) is 5.13. The first-order chi connectivity index (χ1) is 10.8. The van der Waals surface area contributed by atoms with Gasteiger partial charge in [-0.15, -0.1) is 0 Å². The molecule has 0 atom stereocenters. The van der Waals surface area contributed by atoms with Crippen molar-refractivity contribution in [2.75, 3.05) is 10.8 Å². The first kappa shape index (κ1) is 17.5. The quantitative estimate of drug-likeness (QED) is 0.582. The van der Waals surface area contributed by atoms with Crippen LogP contribution in [0, 0.1) is 10.1 Å². The summed E-state index contributed by atoms with van der Waals surface area (Å²) in [6.07, 6.45) is 0. The number of hydrogen-bond donors (Lipinski definition) is 0.